The Morgan fingerprint density at radius 2 is 1.91 bits per heavy atom. The zero-order valence-corrected chi connectivity index (χ0v) is 6.20. The van der Waals surface area contributed by atoms with Crippen molar-refractivity contribution in [2.24, 2.45) is 0 Å². The summed E-state index contributed by atoms with van der Waals surface area (Å²) in [5.74, 6) is -0.890. The van der Waals surface area contributed by atoms with Crippen LogP contribution in [0.4, 0.5) is 0 Å². The van der Waals surface area contributed by atoms with Crippen molar-refractivity contribution in [2.45, 2.75) is 6.92 Å². The summed E-state index contributed by atoms with van der Waals surface area (Å²) < 4.78 is 0. The van der Waals surface area contributed by atoms with E-state index in [0.29, 0.717) is 0 Å². The molecule has 0 fully saturated rings. The molecule has 0 atom stereocenters. The normalized spacial score (nSPS) is 17.7. The lowest BCUT2D eigenvalue weighted by atomic mass is 10.1. The number of hydrogen-bond donors (Lipinski definition) is 0. The van der Waals surface area contributed by atoms with E-state index in [4.69, 9.17) is 0 Å². The summed E-state index contributed by atoms with van der Waals surface area (Å²) in [6.45, 7) is 1.86. The van der Waals surface area contributed by atoms with Crippen molar-refractivity contribution in [1.82, 2.24) is 0 Å². The van der Waals surface area contributed by atoms with Crippen molar-refractivity contribution >= 4 is 11.6 Å². The molecule has 1 aliphatic rings. The number of carbonyl (C=O) groups is 2. The van der Waals surface area contributed by atoms with Gasteiger partial charge in [0.05, 0.1) is 0 Å². The minimum Gasteiger partial charge on any atom is -0.286 e. The van der Waals surface area contributed by atoms with Gasteiger partial charge in [0.15, 0.2) is 0 Å². The average molecular weight is 148 g/mol. The molecule has 2 heteroatoms. The fourth-order valence-electron chi connectivity index (χ4n) is 0.821. The highest BCUT2D eigenvalue weighted by Crippen LogP contribution is 2.05. The van der Waals surface area contributed by atoms with Crippen LogP contribution in [0.2, 0.25) is 0 Å². The number of allylic oxidation sites excluding steroid dienone is 6. The molecule has 0 amide bonds. The Morgan fingerprint density at radius 3 is 2.45 bits per heavy atom. The van der Waals surface area contributed by atoms with E-state index in [-0.39, 0.29) is 0 Å². The average Bonchev–Trinajstić information content (AvgIpc) is 1.98. The van der Waals surface area contributed by atoms with Gasteiger partial charge in [-0.1, -0.05) is 18.2 Å². The second-order valence-corrected chi connectivity index (χ2v) is 2.21. The maximum atomic E-state index is 10.8. The van der Waals surface area contributed by atoms with Gasteiger partial charge in [-0.3, -0.25) is 9.59 Å². The second kappa shape index (κ2) is 3.10. The zero-order valence-electron chi connectivity index (χ0n) is 6.20. The van der Waals surface area contributed by atoms with Crippen LogP contribution in [0.5, 0.6) is 0 Å². The summed E-state index contributed by atoms with van der Waals surface area (Å²) in [4.78, 5) is 21.4. The monoisotopic (exact) mass is 148 g/mol. The van der Waals surface area contributed by atoms with Gasteiger partial charge in [0.2, 0.25) is 11.6 Å². The molecule has 0 saturated heterocycles. The second-order valence-electron chi connectivity index (χ2n) is 2.21. The quantitative estimate of drug-likeness (QED) is 0.413. The highest BCUT2D eigenvalue weighted by atomic mass is 16.2. The van der Waals surface area contributed by atoms with Crippen molar-refractivity contribution in [3.63, 3.8) is 0 Å². The third-order valence-electron chi connectivity index (χ3n) is 1.33. The van der Waals surface area contributed by atoms with Gasteiger partial charge in [0.25, 0.3) is 0 Å². The number of carbonyl (C=O) groups excluding carboxylic acids is 2. The highest BCUT2D eigenvalue weighted by molar-refractivity contribution is 6.46. The lowest BCUT2D eigenvalue weighted by molar-refractivity contribution is -0.131. The Bertz CT molecular complexity index is 280. The van der Waals surface area contributed by atoms with Crippen LogP contribution in [-0.2, 0) is 9.59 Å². The molecule has 0 radical (unpaired) electrons. The van der Waals surface area contributed by atoms with E-state index in [1.54, 1.807) is 12.2 Å². The molecule has 0 aromatic rings. The van der Waals surface area contributed by atoms with Crippen molar-refractivity contribution in [3.8, 4) is 0 Å². The van der Waals surface area contributed by atoms with E-state index in [2.05, 4.69) is 0 Å². The summed E-state index contributed by atoms with van der Waals surface area (Å²) >= 11 is 0. The number of ketones is 2. The van der Waals surface area contributed by atoms with Gasteiger partial charge in [-0.15, -0.1) is 0 Å². The van der Waals surface area contributed by atoms with E-state index in [0.717, 1.165) is 5.57 Å². The molecule has 1 aliphatic carbocycles. The first kappa shape index (κ1) is 7.66. The molecule has 11 heavy (non-hydrogen) atoms. The SMILES string of the molecule is C/C=C/C1=CC(=O)C(=O)C=C1. The summed E-state index contributed by atoms with van der Waals surface area (Å²) in [6.07, 6.45) is 7.85. The van der Waals surface area contributed by atoms with Gasteiger partial charge in [0.1, 0.15) is 0 Å². The standard InChI is InChI=1S/C9H8O2/c1-2-3-7-4-5-8(10)9(11)6-7/h2-6H,1H3/b3-2+. The Hall–Kier alpha value is -1.44. The molecule has 2 nitrogen and oxygen atoms in total. The molecule has 0 unspecified atom stereocenters. The lowest BCUT2D eigenvalue weighted by Crippen LogP contribution is -2.10. The fourth-order valence-corrected chi connectivity index (χ4v) is 0.821. The van der Waals surface area contributed by atoms with Crippen LogP contribution < -0.4 is 0 Å². The van der Waals surface area contributed by atoms with Gasteiger partial charge >= 0.3 is 0 Å². The summed E-state index contributed by atoms with van der Waals surface area (Å²) in [5.41, 5.74) is 0.775. The van der Waals surface area contributed by atoms with E-state index in [1.807, 2.05) is 13.0 Å². The van der Waals surface area contributed by atoms with Crippen LogP contribution in [0.1, 0.15) is 6.92 Å². The summed E-state index contributed by atoms with van der Waals surface area (Å²) in [5, 5.41) is 0. The highest BCUT2D eigenvalue weighted by Gasteiger charge is 2.10. The predicted octanol–water partition coefficient (Wildman–Crippen LogP) is 1.20. The van der Waals surface area contributed by atoms with Gasteiger partial charge in [-0.2, -0.15) is 0 Å². The molecule has 0 spiro atoms. The third-order valence-corrected chi connectivity index (χ3v) is 1.33. The molecule has 56 valence electrons. The molecule has 0 bridgehead atoms. The van der Waals surface area contributed by atoms with Crippen molar-refractivity contribution in [1.29, 1.82) is 0 Å². The Kier molecular flexibility index (Phi) is 2.16. The largest absolute Gasteiger partial charge is 0.286 e. The minimum atomic E-state index is -0.446. The molecule has 0 saturated carbocycles. The van der Waals surface area contributed by atoms with Gasteiger partial charge in [0, 0.05) is 0 Å². The van der Waals surface area contributed by atoms with Crippen LogP contribution in [-0.4, -0.2) is 11.6 Å². The van der Waals surface area contributed by atoms with Crippen molar-refractivity contribution in [3.05, 3.63) is 36.0 Å². The van der Waals surface area contributed by atoms with Crippen LogP contribution >= 0.6 is 0 Å². The first-order valence-electron chi connectivity index (χ1n) is 3.35. The molecule has 0 aromatic heterocycles. The lowest BCUT2D eigenvalue weighted by Gasteiger charge is -1.98. The van der Waals surface area contributed by atoms with E-state index >= 15 is 0 Å². The Labute approximate surface area is 64.9 Å². The van der Waals surface area contributed by atoms with Crippen molar-refractivity contribution < 1.29 is 9.59 Å². The maximum absolute atomic E-state index is 10.8. The van der Waals surface area contributed by atoms with Crippen LogP contribution in [0.3, 0.4) is 0 Å². The van der Waals surface area contributed by atoms with Crippen LogP contribution in [0, 0.1) is 0 Å². The van der Waals surface area contributed by atoms with Crippen LogP contribution in [0.25, 0.3) is 0 Å². The van der Waals surface area contributed by atoms with Crippen molar-refractivity contribution in [2.75, 3.05) is 0 Å². The molecule has 0 aliphatic heterocycles. The molecular weight excluding hydrogens is 140 g/mol. The minimum absolute atomic E-state index is 0.444. The fraction of sp³-hybridized carbons (Fsp3) is 0.111. The van der Waals surface area contributed by atoms with Gasteiger partial charge in [-0.25, -0.2) is 0 Å². The zero-order chi connectivity index (χ0) is 8.27. The summed E-state index contributed by atoms with van der Waals surface area (Å²) in [7, 11) is 0. The van der Waals surface area contributed by atoms with Crippen LogP contribution in [0.15, 0.2) is 36.0 Å². The molecular formula is C9H8O2. The first-order valence-corrected chi connectivity index (χ1v) is 3.35. The van der Waals surface area contributed by atoms with Gasteiger partial charge in [-0.05, 0) is 24.6 Å². The summed E-state index contributed by atoms with van der Waals surface area (Å²) in [6, 6.07) is 0. The van der Waals surface area contributed by atoms with Gasteiger partial charge < -0.3 is 0 Å². The predicted molar refractivity (Wildman–Crippen MR) is 42.1 cm³/mol. The maximum Gasteiger partial charge on any atom is 0.226 e. The molecule has 0 N–H and O–H groups in total. The molecule has 0 heterocycles. The smallest absolute Gasteiger partial charge is 0.226 e. The topological polar surface area (TPSA) is 34.1 Å². The number of rotatable bonds is 1. The van der Waals surface area contributed by atoms with E-state index < -0.39 is 11.6 Å². The Balaban J connectivity index is 2.88. The molecule has 0 aromatic carbocycles. The Morgan fingerprint density at radius 1 is 1.18 bits per heavy atom. The number of hydrogen-bond acceptors (Lipinski definition) is 2. The van der Waals surface area contributed by atoms with E-state index in [9.17, 15) is 9.59 Å². The van der Waals surface area contributed by atoms with E-state index in [1.165, 1.54) is 12.2 Å². The third kappa shape index (κ3) is 1.74. The first-order chi connectivity index (χ1) is 5.24. The molecule has 1 rings (SSSR count).